The van der Waals surface area contributed by atoms with Crippen molar-refractivity contribution in [2.24, 2.45) is 5.92 Å². The number of carbonyl (C=O) groups is 1. The molecule has 0 bridgehead atoms. The molecule has 0 spiro atoms. The number of hydrogen-bond acceptors (Lipinski definition) is 2. The van der Waals surface area contributed by atoms with Gasteiger partial charge in [-0.3, -0.25) is 4.79 Å². The standard InChI is InChI=1S/C14H14O.C8H16O2/c1-3-7-13(8-4-1)11-15-12-14-9-5-2-6-10-14;1-3-5-6-7(4-2)8(9)10/h1-10H,11-12H2;7H,3-6H2,1-2H3,(H,9,10). The lowest BCUT2D eigenvalue weighted by Gasteiger charge is -2.06. The third kappa shape index (κ3) is 9.68. The molecule has 0 saturated carbocycles. The van der Waals surface area contributed by atoms with Gasteiger partial charge in [0.25, 0.3) is 0 Å². The van der Waals surface area contributed by atoms with Crippen LogP contribution >= 0.6 is 0 Å². The van der Waals surface area contributed by atoms with Crippen molar-refractivity contribution in [2.45, 2.75) is 52.7 Å². The molecule has 3 heteroatoms. The fraction of sp³-hybridized carbons (Fsp3) is 0.409. The third-order valence-electron chi connectivity index (χ3n) is 3.97. The van der Waals surface area contributed by atoms with E-state index in [4.69, 9.17) is 9.84 Å². The Morgan fingerprint density at radius 3 is 1.76 bits per heavy atom. The van der Waals surface area contributed by atoms with Crippen LogP contribution in [0.1, 0.15) is 50.7 Å². The van der Waals surface area contributed by atoms with Gasteiger partial charge in [0, 0.05) is 0 Å². The van der Waals surface area contributed by atoms with Gasteiger partial charge in [-0.1, -0.05) is 87.4 Å². The van der Waals surface area contributed by atoms with Crippen LogP contribution in [0.15, 0.2) is 60.7 Å². The molecule has 0 radical (unpaired) electrons. The van der Waals surface area contributed by atoms with Crippen LogP contribution in [0.2, 0.25) is 0 Å². The molecule has 0 aliphatic heterocycles. The van der Waals surface area contributed by atoms with E-state index in [1.54, 1.807) is 0 Å². The first-order valence-corrected chi connectivity index (χ1v) is 9.05. The minimum absolute atomic E-state index is 0.111. The van der Waals surface area contributed by atoms with Crippen molar-refractivity contribution in [2.75, 3.05) is 0 Å². The van der Waals surface area contributed by atoms with Crippen LogP contribution in [-0.4, -0.2) is 11.1 Å². The summed E-state index contributed by atoms with van der Waals surface area (Å²) < 4.78 is 5.61. The number of benzene rings is 2. The average molecular weight is 342 g/mol. The number of rotatable bonds is 9. The van der Waals surface area contributed by atoms with Crippen LogP contribution in [0.5, 0.6) is 0 Å². The summed E-state index contributed by atoms with van der Waals surface area (Å²) in [7, 11) is 0. The van der Waals surface area contributed by atoms with E-state index in [1.807, 2.05) is 43.3 Å². The van der Waals surface area contributed by atoms with Gasteiger partial charge in [-0.15, -0.1) is 0 Å². The second-order valence-electron chi connectivity index (χ2n) is 6.05. The van der Waals surface area contributed by atoms with Gasteiger partial charge in [0.1, 0.15) is 0 Å². The SMILES string of the molecule is CCCCC(CC)C(=O)O.c1ccc(COCc2ccccc2)cc1. The molecular formula is C22H30O3. The van der Waals surface area contributed by atoms with Gasteiger partial charge in [-0.25, -0.2) is 0 Å². The van der Waals surface area contributed by atoms with Crippen molar-refractivity contribution < 1.29 is 14.6 Å². The van der Waals surface area contributed by atoms with Gasteiger partial charge in [-0.2, -0.15) is 0 Å². The number of unbranched alkanes of at least 4 members (excludes halogenated alkanes) is 1. The molecule has 0 aromatic heterocycles. The van der Waals surface area contributed by atoms with E-state index in [1.165, 1.54) is 11.1 Å². The van der Waals surface area contributed by atoms with Gasteiger partial charge >= 0.3 is 5.97 Å². The summed E-state index contributed by atoms with van der Waals surface area (Å²) in [4.78, 5) is 10.4. The maximum atomic E-state index is 10.4. The zero-order chi connectivity index (χ0) is 18.3. The summed E-state index contributed by atoms with van der Waals surface area (Å²) in [5, 5.41) is 8.60. The second kappa shape index (κ2) is 13.2. The average Bonchev–Trinajstić information content (AvgIpc) is 2.64. The molecule has 3 nitrogen and oxygen atoms in total. The zero-order valence-electron chi connectivity index (χ0n) is 15.4. The van der Waals surface area contributed by atoms with Gasteiger partial charge in [-0.05, 0) is 24.0 Å². The van der Waals surface area contributed by atoms with Crippen LogP contribution in [-0.2, 0) is 22.7 Å². The first-order valence-electron chi connectivity index (χ1n) is 9.05. The minimum atomic E-state index is -0.643. The molecule has 2 aromatic carbocycles. The lowest BCUT2D eigenvalue weighted by molar-refractivity contribution is -0.142. The topological polar surface area (TPSA) is 46.5 Å². The highest BCUT2D eigenvalue weighted by Gasteiger charge is 2.12. The van der Waals surface area contributed by atoms with E-state index < -0.39 is 5.97 Å². The lowest BCUT2D eigenvalue weighted by Crippen LogP contribution is -2.11. The summed E-state index contributed by atoms with van der Waals surface area (Å²) in [5.74, 6) is -0.754. The third-order valence-corrected chi connectivity index (χ3v) is 3.97. The predicted molar refractivity (Wildman–Crippen MR) is 102 cm³/mol. The first-order chi connectivity index (χ1) is 12.2. The maximum absolute atomic E-state index is 10.4. The number of hydrogen-bond donors (Lipinski definition) is 1. The number of carboxylic acids is 1. The van der Waals surface area contributed by atoms with Crippen molar-refractivity contribution in [3.05, 3.63) is 71.8 Å². The van der Waals surface area contributed by atoms with E-state index >= 15 is 0 Å². The first kappa shape index (κ1) is 20.9. The second-order valence-corrected chi connectivity index (χ2v) is 6.05. The van der Waals surface area contributed by atoms with Gasteiger partial charge in [0.15, 0.2) is 0 Å². The highest BCUT2D eigenvalue weighted by atomic mass is 16.5. The van der Waals surface area contributed by atoms with Crippen LogP contribution in [0.25, 0.3) is 0 Å². The molecule has 0 saturated heterocycles. The summed E-state index contributed by atoms with van der Waals surface area (Å²) in [6, 6.07) is 20.4. The quantitative estimate of drug-likeness (QED) is 0.636. The maximum Gasteiger partial charge on any atom is 0.306 e. The molecule has 25 heavy (non-hydrogen) atoms. The molecule has 136 valence electrons. The fourth-order valence-electron chi connectivity index (χ4n) is 2.39. The Kier molecular flexibility index (Phi) is 11.0. The number of ether oxygens (including phenoxy) is 1. The largest absolute Gasteiger partial charge is 0.481 e. The molecule has 1 N–H and O–H groups in total. The highest BCUT2D eigenvalue weighted by molar-refractivity contribution is 5.69. The number of carboxylic acid groups (broad SMARTS) is 1. The lowest BCUT2D eigenvalue weighted by atomic mass is 10.00. The summed E-state index contributed by atoms with van der Waals surface area (Å²) >= 11 is 0. The van der Waals surface area contributed by atoms with E-state index in [-0.39, 0.29) is 5.92 Å². The Labute approximate surface area is 151 Å². The molecule has 0 aliphatic carbocycles. The molecule has 0 aliphatic rings. The Hall–Kier alpha value is -2.13. The van der Waals surface area contributed by atoms with Crippen molar-refractivity contribution in [1.82, 2.24) is 0 Å². The van der Waals surface area contributed by atoms with Gasteiger partial charge < -0.3 is 9.84 Å². The number of aliphatic carboxylic acids is 1. The van der Waals surface area contributed by atoms with Crippen molar-refractivity contribution in [1.29, 1.82) is 0 Å². The van der Waals surface area contributed by atoms with E-state index in [0.29, 0.717) is 13.2 Å². The van der Waals surface area contributed by atoms with Crippen LogP contribution in [0, 0.1) is 5.92 Å². The molecule has 2 aromatic rings. The van der Waals surface area contributed by atoms with Crippen molar-refractivity contribution in [3.8, 4) is 0 Å². The summed E-state index contributed by atoms with van der Waals surface area (Å²) in [6.07, 6.45) is 3.71. The Balaban J connectivity index is 0.000000275. The molecule has 0 heterocycles. The van der Waals surface area contributed by atoms with E-state index in [9.17, 15) is 4.79 Å². The molecule has 2 rings (SSSR count). The molecule has 1 atom stereocenters. The van der Waals surface area contributed by atoms with Crippen molar-refractivity contribution in [3.63, 3.8) is 0 Å². The Bertz CT molecular complexity index is 527. The van der Waals surface area contributed by atoms with Gasteiger partial charge in [0.05, 0.1) is 19.1 Å². The zero-order valence-corrected chi connectivity index (χ0v) is 15.4. The molecule has 1 unspecified atom stereocenters. The summed E-state index contributed by atoms with van der Waals surface area (Å²) in [5.41, 5.74) is 2.43. The normalized spacial score (nSPS) is 11.3. The van der Waals surface area contributed by atoms with Crippen molar-refractivity contribution >= 4 is 5.97 Å². The molecular weight excluding hydrogens is 312 g/mol. The van der Waals surface area contributed by atoms with E-state index in [2.05, 4.69) is 31.2 Å². The van der Waals surface area contributed by atoms with Crippen LogP contribution < -0.4 is 0 Å². The molecule has 0 amide bonds. The van der Waals surface area contributed by atoms with E-state index in [0.717, 1.165) is 25.7 Å². The fourth-order valence-corrected chi connectivity index (χ4v) is 2.39. The monoisotopic (exact) mass is 342 g/mol. The smallest absolute Gasteiger partial charge is 0.306 e. The Morgan fingerprint density at radius 2 is 1.40 bits per heavy atom. The summed E-state index contributed by atoms with van der Waals surface area (Å²) in [6.45, 7) is 5.36. The van der Waals surface area contributed by atoms with Crippen LogP contribution in [0.4, 0.5) is 0 Å². The Morgan fingerprint density at radius 1 is 0.920 bits per heavy atom. The predicted octanol–water partition coefficient (Wildman–Crippen LogP) is 5.69. The van der Waals surface area contributed by atoms with Gasteiger partial charge in [0.2, 0.25) is 0 Å². The minimum Gasteiger partial charge on any atom is -0.481 e. The van der Waals surface area contributed by atoms with Crippen LogP contribution in [0.3, 0.4) is 0 Å². The highest BCUT2D eigenvalue weighted by Crippen LogP contribution is 2.11. The molecule has 0 fully saturated rings.